The van der Waals surface area contributed by atoms with Crippen LogP contribution in [0.15, 0.2) is 85.3 Å². The molecule has 0 radical (unpaired) electrons. The topological polar surface area (TPSA) is 47.4 Å². The molecule has 0 unspecified atom stereocenters. The van der Waals surface area contributed by atoms with E-state index in [2.05, 4.69) is 108 Å². The molecule has 3 aromatic carbocycles. The van der Waals surface area contributed by atoms with Gasteiger partial charge in [-0.3, -0.25) is 0 Å². The first-order valence-electron chi connectivity index (χ1n) is 14.2. The van der Waals surface area contributed by atoms with Crippen molar-refractivity contribution in [1.29, 1.82) is 0 Å². The standard InChI is InChI=1S/C12H14BrN.C11H12BrN.C11H11ClFN/c13-8-4-3-5-10-9-14-12-7-2-1-6-11(10)12;12-7-3-4-9-8-13-11-6-2-1-5-10(9)11;12-5-1-2-8-7-14-11-4-3-9(13)6-10(8)11/h1-2,6-7,9,14H,3-5,8H2;1-2,5-6,8,13H,3-4,7H2;3-4,6-7,14H,1-2,5H2. The van der Waals surface area contributed by atoms with Crippen molar-refractivity contribution in [1.82, 2.24) is 15.0 Å². The van der Waals surface area contributed by atoms with Gasteiger partial charge in [0.2, 0.25) is 0 Å². The monoisotopic (exact) mass is 699 g/mol. The van der Waals surface area contributed by atoms with Gasteiger partial charge in [0.05, 0.1) is 0 Å². The Morgan fingerprint density at radius 2 is 1.05 bits per heavy atom. The Labute approximate surface area is 263 Å². The summed E-state index contributed by atoms with van der Waals surface area (Å²) in [5.74, 6) is 0.450. The number of unbranched alkanes of at least 4 members (excludes halogenated alkanes) is 1. The van der Waals surface area contributed by atoms with Gasteiger partial charge >= 0.3 is 0 Å². The lowest BCUT2D eigenvalue weighted by atomic mass is 10.1. The van der Waals surface area contributed by atoms with E-state index < -0.39 is 0 Å². The van der Waals surface area contributed by atoms with E-state index in [1.54, 1.807) is 12.1 Å². The summed E-state index contributed by atoms with van der Waals surface area (Å²) in [6.45, 7) is 0. The highest BCUT2D eigenvalue weighted by Crippen LogP contribution is 2.22. The second kappa shape index (κ2) is 16.8. The summed E-state index contributed by atoms with van der Waals surface area (Å²) in [6, 6.07) is 21.7. The molecule has 0 aliphatic carbocycles. The second-order valence-corrected chi connectivity index (χ2v) is 11.9. The average molecular weight is 702 g/mol. The van der Waals surface area contributed by atoms with Crippen LogP contribution in [0.2, 0.25) is 0 Å². The third kappa shape index (κ3) is 8.97. The Morgan fingerprint density at radius 1 is 0.561 bits per heavy atom. The molecule has 216 valence electrons. The van der Waals surface area contributed by atoms with Gasteiger partial charge < -0.3 is 15.0 Å². The summed E-state index contributed by atoms with van der Waals surface area (Å²) in [7, 11) is 0. The van der Waals surface area contributed by atoms with E-state index in [9.17, 15) is 4.39 Å². The van der Waals surface area contributed by atoms with Crippen molar-refractivity contribution in [2.75, 3.05) is 16.5 Å². The highest BCUT2D eigenvalue weighted by molar-refractivity contribution is 9.09. The van der Waals surface area contributed by atoms with Crippen LogP contribution >= 0.6 is 43.5 Å². The number of nitrogens with one attached hydrogen (secondary N) is 3. The molecule has 0 aliphatic heterocycles. The van der Waals surface area contributed by atoms with Crippen LogP contribution in [0.25, 0.3) is 32.7 Å². The zero-order chi connectivity index (χ0) is 28.9. The summed E-state index contributed by atoms with van der Waals surface area (Å²) in [5.41, 5.74) is 7.49. The number of para-hydroxylation sites is 2. The quantitative estimate of drug-likeness (QED) is 0.0941. The molecule has 0 saturated heterocycles. The third-order valence-electron chi connectivity index (χ3n) is 7.07. The zero-order valence-electron chi connectivity index (χ0n) is 23.2. The molecule has 0 spiro atoms. The van der Waals surface area contributed by atoms with E-state index in [-0.39, 0.29) is 5.82 Å². The molecule has 0 saturated carbocycles. The molecule has 0 bridgehead atoms. The van der Waals surface area contributed by atoms with E-state index >= 15 is 0 Å². The molecule has 0 atom stereocenters. The van der Waals surface area contributed by atoms with Crippen molar-refractivity contribution < 1.29 is 4.39 Å². The van der Waals surface area contributed by atoms with Gasteiger partial charge in [0.15, 0.2) is 0 Å². The molecule has 0 aliphatic rings. The molecule has 3 aromatic heterocycles. The molecule has 3 nitrogen and oxygen atoms in total. The minimum absolute atomic E-state index is 0.191. The van der Waals surface area contributed by atoms with Gasteiger partial charge in [0.1, 0.15) is 5.82 Å². The van der Waals surface area contributed by atoms with Gasteiger partial charge in [0, 0.05) is 67.8 Å². The molecule has 6 aromatic rings. The summed E-state index contributed by atoms with van der Waals surface area (Å²) in [6.07, 6.45) is 14.0. The summed E-state index contributed by atoms with van der Waals surface area (Å²) in [5, 5.41) is 5.89. The van der Waals surface area contributed by atoms with Crippen molar-refractivity contribution in [2.24, 2.45) is 0 Å². The first kappa shape index (κ1) is 31.4. The lowest BCUT2D eigenvalue weighted by Gasteiger charge is -1.97. The van der Waals surface area contributed by atoms with Crippen molar-refractivity contribution in [3.63, 3.8) is 0 Å². The Bertz CT molecular complexity index is 1620. The van der Waals surface area contributed by atoms with Crippen LogP contribution in [-0.4, -0.2) is 31.5 Å². The van der Waals surface area contributed by atoms with Crippen molar-refractivity contribution in [2.45, 2.75) is 44.9 Å². The van der Waals surface area contributed by atoms with Gasteiger partial charge in [0.25, 0.3) is 0 Å². The van der Waals surface area contributed by atoms with Crippen LogP contribution in [0.5, 0.6) is 0 Å². The highest BCUT2D eigenvalue weighted by Gasteiger charge is 2.04. The molecule has 0 fully saturated rings. The van der Waals surface area contributed by atoms with E-state index in [4.69, 9.17) is 11.6 Å². The number of benzene rings is 3. The first-order chi connectivity index (χ1) is 20.1. The lowest BCUT2D eigenvalue weighted by Crippen LogP contribution is -1.84. The lowest BCUT2D eigenvalue weighted by molar-refractivity contribution is 0.629. The number of H-pyrrole nitrogens is 3. The molecule has 3 N–H and O–H groups in total. The fourth-order valence-electron chi connectivity index (χ4n) is 4.96. The van der Waals surface area contributed by atoms with Crippen LogP contribution in [0, 0.1) is 5.82 Å². The van der Waals surface area contributed by atoms with Crippen LogP contribution < -0.4 is 0 Å². The number of alkyl halides is 3. The Hall–Kier alpha value is -2.54. The number of hydrogen-bond donors (Lipinski definition) is 3. The predicted octanol–water partition coefficient (Wildman–Crippen LogP) is 10.9. The smallest absolute Gasteiger partial charge is 0.123 e. The Morgan fingerprint density at radius 3 is 1.61 bits per heavy atom. The van der Waals surface area contributed by atoms with Crippen LogP contribution in [-0.2, 0) is 19.3 Å². The summed E-state index contributed by atoms with van der Waals surface area (Å²) >= 11 is 12.5. The zero-order valence-corrected chi connectivity index (χ0v) is 27.1. The molecular formula is C34H37Br2ClFN3. The number of hydrogen-bond acceptors (Lipinski definition) is 0. The average Bonchev–Trinajstić information content (AvgIpc) is 3.73. The van der Waals surface area contributed by atoms with Crippen molar-refractivity contribution >= 4 is 76.2 Å². The van der Waals surface area contributed by atoms with Gasteiger partial charge in [-0.25, -0.2) is 4.39 Å². The number of rotatable bonds is 10. The van der Waals surface area contributed by atoms with Crippen molar-refractivity contribution in [3.8, 4) is 0 Å². The van der Waals surface area contributed by atoms with Gasteiger partial charge in [-0.2, -0.15) is 0 Å². The fraction of sp³-hybridized carbons (Fsp3) is 0.294. The van der Waals surface area contributed by atoms with Crippen LogP contribution in [0.4, 0.5) is 4.39 Å². The highest BCUT2D eigenvalue weighted by atomic mass is 79.9. The van der Waals surface area contributed by atoms with Crippen LogP contribution in [0.3, 0.4) is 0 Å². The normalized spacial score (nSPS) is 10.9. The van der Waals surface area contributed by atoms with E-state index in [1.165, 1.54) is 64.7 Å². The number of aryl methyl sites for hydroxylation is 3. The predicted molar refractivity (Wildman–Crippen MR) is 183 cm³/mol. The van der Waals surface area contributed by atoms with Crippen LogP contribution in [0.1, 0.15) is 42.4 Å². The molecule has 3 heterocycles. The molecule has 0 amide bonds. The van der Waals surface area contributed by atoms with Crippen molar-refractivity contribution in [3.05, 3.63) is 108 Å². The third-order valence-corrected chi connectivity index (χ3v) is 8.46. The van der Waals surface area contributed by atoms with E-state index in [1.807, 2.05) is 6.20 Å². The maximum Gasteiger partial charge on any atom is 0.123 e. The minimum Gasteiger partial charge on any atom is -0.361 e. The Kier molecular flexibility index (Phi) is 12.9. The maximum atomic E-state index is 13.0. The summed E-state index contributed by atoms with van der Waals surface area (Å²) < 4.78 is 13.0. The number of halogens is 4. The molecule has 6 rings (SSSR count). The van der Waals surface area contributed by atoms with Gasteiger partial charge in [-0.15, -0.1) is 11.6 Å². The number of aromatic nitrogens is 3. The fourth-order valence-corrected chi connectivity index (χ4v) is 5.77. The number of aromatic amines is 3. The molecule has 41 heavy (non-hydrogen) atoms. The van der Waals surface area contributed by atoms with E-state index in [0.29, 0.717) is 5.88 Å². The first-order valence-corrected chi connectivity index (χ1v) is 17.0. The Balaban J connectivity index is 0.000000142. The molecular weight excluding hydrogens is 665 g/mol. The maximum absolute atomic E-state index is 13.0. The van der Waals surface area contributed by atoms with Gasteiger partial charge in [-0.05, 0) is 92.0 Å². The van der Waals surface area contributed by atoms with Gasteiger partial charge in [-0.1, -0.05) is 68.3 Å². The number of fused-ring (bicyclic) bond motifs is 3. The molecule has 7 heteroatoms. The largest absolute Gasteiger partial charge is 0.361 e. The summed E-state index contributed by atoms with van der Waals surface area (Å²) in [4.78, 5) is 9.70. The SMILES string of the molecule is BrCCCCc1c[nH]c2ccccc12.BrCCCc1c[nH]c2ccccc12.Fc1ccc2[nH]cc(CCCCl)c2c1. The minimum atomic E-state index is -0.191. The van der Waals surface area contributed by atoms with E-state index in [0.717, 1.165) is 46.4 Å². The second-order valence-electron chi connectivity index (χ2n) is 9.95.